The summed E-state index contributed by atoms with van der Waals surface area (Å²) in [5.41, 5.74) is 2.14. The summed E-state index contributed by atoms with van der Waals surface area (Å²) in [5.74, 6) is 1.46. The highest BCUT2D eigenvalue weighted by Gasteiger charge is 2.41. The van der Waals surface area contributed by atoms with Crippen LogP contribution in [0.4, 0.5) is 0 Å². The summed E-state index contributed by atoms with van der Waals surface area (Å²) in [6.45, 7) is 4.02. The minimum Gasteiger partial charge on any atom is -0.496 e. The molecule has 0 aromatic heterocycles. The highest BCUT2D eigenvalue weighted by Crippen LogP contribution is 2.40. The van der Waals surface area contributed by atoms with Gasteiger partial charge < -0.3 is 10.1 Å². The lowest BCUT2D eigenvalue weighted by atomic mass is 9.67. The number of Topliss-reactive ketones (excluding diaryl/α,β-unsaturated/α-hetero) is 1. The lowest BCUT2D eigenvalue weighted by molar-refractivity contribution is -0.137. The molecule has 2 saturated carbocycles. The Morgan fingerprint density at radius 1 is 1.25 bits per heavy atom. The van der Waals surface area contributed by atoms with Gasteiger partial charge in [-0.05, 0) is 45.6 Å². The van der Waals surface area contributed by atoms with Gasteiger partial charge >= 0.3 is 0 Å². The molecule has 1 amide bonds. The fourth-order valence-corrected chi connectivity index (χ4v) is 4.29. The van der Waals surface area contributed by atoms with Gasteiger partial charge in [-0.2, -0.15) is 0 Å². The fourth-order valence-electron chi connectivity index (χ4n) is 4.29. The molecule has 1 aromatic carbocycles. The van der Waals surface area contributed by atoms with Gasteiger partial charge in [-0.1, -0.05) is 24.1 Å². The molecule has 4 heteroatoms. The van der Waals surface area contributed by atoms with E-state index in [-0.39, 0.29) is 29.7 Å². The third-order valence-electron chi connectivity index (χ3n) is 5.63. The van der Waals surface area contributed by atoms with Crippen LogP contribution in [0.3, 0.4) is 0 Å². The summed E-state index contributed by atoms with van der Waals surface area (Å²) in [5, 5.41) is 3.14. The normalized spacial score (nSPS) is 27.5. The first-order valence-electron chi connectivity index (χ1n) is 8.98. The van der Waals surface area contributed by atoms with Gasteiger partial charge in [0, 0.05) is 23.3 Å². The summed E-state index contributed by atoms with van der Waals surface area (Å²) in [6.07, 6.45) is 4.49. The number of fused-ring (bicyclic) bond motifs is 2. The van der Waals surface area contributed by atoms with Gasteiger partial charge in [-0.15, -0.1) is 0 Å². The summed E-state index contributed by atoms with van der Waals surface area (Å²) >= 11 is 0. The highest BCUT2D eigenvalue weighted by atomic mass is 16.5. The maximum atomic E-state index is 12.7. The van der Waals surface area contributed by atoms with Crippen molar-refractivity contribution in [3.63, 3.8) is 0 Å². The van der Waals surface area contributed by atoms with Crippen LogP contribution in [-0.2, 0) is 9.59 Å². The van der Waals surface area contributed by atoms with Gasteiger partial charge in [0.25, 0.3) is 0 Å². The van der Waals surface area contributed by atoms with Crippen LogP contribution in [0.1, 0.15) is 56.2 Å². The smallest absolute Gasteiger partial charge is 0.223 e. The van der Waals surface area contributed by atoms with Crippen LogP contribution < -0.4 is 10.1 Å². The van der Waals surface area contributed by atoms with Crippen LogP contribution in [-0.4, -0.2) is 18.8 Å². The number of amides is 1. The van der Waals surface area contributed by atoms with Crippen molar-refractivity contribution in [3.05, 3.63) is 29.3 Å². The van der Waals surface area contributed by atoms with Gasteiger partial charge in [0.1, 0.15) is 11.5 Å². The van der Waals surface area contributed by atoms with Crippen molar-refractivity contribution in [3.8, 4) is 5.75 Å². The Hall–Kier alpha value is -1.84. The second-order valence-electron chi connectivity index (χ2n) is 7.37. The van der Waals surface area contributed by atoms with Crippen molar-refractivity contribution in [1.82, 2.24) is 5.32 Å². The SMILES string of the molecule is COc1ccc(C)cc1C(C)NC(=O)C1CC2CCCC(C1)C2=O. The Bertz CT molecular complexity index is 624. The predicted molar refractivity (Wildman–Crippen MR) is 92.9 cm³/mol. The van der Waals surface area contributed by atoms with Crippen LogP contribution in [0, 0.1) is 24.7 Å². The number of methoxy groups -OCH3 is 1. The Labute approximate surface area is 144 Å². The molecule has 0 radical (unpaired) electrons. The number of ketones is 1. The first-order valence-corrected chi connectivity index (χ1v) is 8.98. The quantitative estimate of drug-likeness (QED) is 0.918. The van der Waals surface area contributed by atoms with Gasteiger partial charge in [0.2, 0.25) is 5.91 Å². The number of rotatable bonds is 4. The average Bonchev–Trinajstić information content (AvgIpc) is 2.54. The third-order valence-corrected chi connectivity index (χ3v) is 5.63. The van der Waals surface area contributed by atoms with E-state index in [2.05, 4.69) is 11.4 Å². The molecule has 2 bridgehead atoms. The molecule has 2 aliphatic carbocycles. The summed E-state index contributed by atoms with van der Waals surface area (Å²) in [6, 6.07) is 5.90. The average molecular weight is 329 g/mol. The van der Waals surface area contributed by atoms with E-state index in [1.165, 1.54) is 0 Å². The summed E-state index contributed by atoms with van der Waals surface area (Å²) in [7, 11) is 1.65. The molecule has 4 nitrogen and oxygen atoms in total. The predicted octanol–water partition coefficient (Wildman–Crippen LogP) is 3.58. The molecule has 130 valence electrons. The van der Waals surface area contributed by atoms with Gasteiger partial charge in [-0.3, -0.25) is 9.59 Å². The number of carbonyl (C=O) groups is 2. The molecule has 2 fully saturated rings. The van der Waals surface area contributed by atoms with Crippen LogP contribution >= 0.6 is 0 Å². The Kier molecular flexibility index (Phi) is 4.93. The van der Waals surface area contributed by atoms with E-state index in [0.29, 0.717) is 5.78 Å². The van der Waals surface area contributed by atoms with Crippen molar-refractivity contribution in [2.75, 3.05) is 7.11 Å². The molecule has 3 unspecified atom stereocenters. The molecule has 24 heavy (non-hydrogen) atoms. The Balaban J connectivity index is 1.69. The molecule has 2 aliphatic rings. The first kappa shape index (κ1) is 17.0. The van der Waals surface area contributed by atoms with E-state index < -0.39 is 0 Å². The number of carbonyl (C=O) groups excluding carboxylic acids is 2. The molecular formula is C20H27NO3. The van der Waals surface area contributed by atoms with Crippen molar-refractivity contribution >= 4 is 11.7 Å². The molecule has 3 rings (SSSR count). The van der Waals surface area contributed by atoms with Crippen molar-refractivity contribution in [2.24, 2.45) is 17.8 Å². The summed E-state index contributed by atoms with van der Waals surface area (Å²) < 4.78 is 5.43. The van der Waals surface area contributed by atoms with E-state index >= 15 is 0 Å². The number of hydrogen-bond donors (Lipinski definition) is 1. The second-order valence-corrected chi connectivity index (χ2v) is 7.37. The van der Waals surface area contributed by atoms with Gasteiger partial charge in [0.05, 0.1) is 13.2 Å². The molecule has 0 heterocycles. The minimum atomic E-state index is -0.107. The first-order chi connectivity index (χ1) is 11.5. The second kappa shape index (κ2) is 6.96. The Morgan fingerprint density at radius 2 is 1.92 bits per heavy atom. The zero-order valence-electron chi connectivity index (χ0n) is 14.8. The molecular weight excluding hydrogens is 302 g/mol. The van der Waals surface area contributed by atoms with E-state index in [9.17, 15) is 9.59 Å². The molecule has 0 aliphatic heterocycles. The van der Waals surface area contributed by atoms with E-state index in [1.807, 2.05) is 26.0 Å². The van der Waals surface area contributed by atoms with Crippen molar-refractivity contribution in [1.29, 1.82) is 0 Å². The van der Waals surface area contributed by atoms with Crippen LogP contribution in [0.15, 0.2) is 18.2 Å². The number of ether oxygens (including phenoxy) is 1. The third kappa shape index (κ3) is 3.33. The van der Waals surface area contributed by atoms with E-state index in [4.69, 9.17) is 4.74 Å². The standard InChI is InChI=1S/C20H27NO3/c1-12-7-8-18(24-3)17(9-12)13(2)21-20(23)16-10-14-5-4-6-15(11-16)19(14)22/h7-9,13-16H,4-6,10-11H2,1-3H3,(H,21,23). The number of nitrogens with one attached hydrogen (secondary N) is 1. The largest absolute Gasteiger partial charge is 0.496 e. The lowest BCUT2D eigenvalue weighted by Crippen LogP contribution is -2.43. The summed E-state index contributed by atoms with van der Waals surface area (Å²) in [4.78, 5) is 24.9. The molecule has 1 aromatic rings. The maximum absolute atomic E-state index is 12.7. The molecule has 0 spiro atoms. The van der Waals surface area contributed by atoms with Crippen LogP contribution in [0.5, 0.6) is 5.75 Å². The maximum Gasteiger partial charge on any atom is 0.223 e. The topological polar surface area (TPSA) is 55.4 Å². The highest BCUT2D eigenvalue weighted by molar-refractivity contribution is 5.88. The monoisotopic (exact) mass is 329 g/mol. The van der Waals surface area contributed by atoms with E-state index in [1.54, 1.807) is 7.11 Å². The lowest BCUT2D eigenvalue weighted by Gasteiger charge is -2.37. The zero-order chi connectivity index (χ0) is 17.3. The fraction of sp³-hybridized carbons (Fsp3) is 0.600. The van der Waals surface area contributed by atoms with E-state index in [0.717, 1.165) is 49.0 Å². The van der Waals surface area contributed by atoms with Crippen LogP contribution in [0.25, 0.3) is 0 Å². The van der Waals surface area contributed by atoms with Gasteiger partial charge in [0.15, 0.2) is 0 Å². The molecule has 0 saturated heterocycles. The van der Waals surface area contributed by atoms with Crippen molar-refractivity contribution < 1.29 is 14.3 Å². The number of benzene rings is 1. The Morgan fingerprint density at radius 3 is 2.54 bits per heavy atom. The van der Waals surface area contributed by atoms with Gasteiger partial charge in [-0.25, -0.2) is 0 Å². The van der Waals surface area contributed by atoms with Crippen LogP contribution in [0.2, 0.25) is 0 Å². The number of aryl methyl sites for hydroxylation is 1. The van der Waals surface area contributed by atoms with Crippen molar-refractivity contribution in [2.45, 2.75) is 52.0 Å². The minimum absolute atomic E-state index is 0.0312. The zero-order valence-corrected chi connectivity index (χ0v) is 14.8. The number of hydrogen-bond acceptors (Lipinski definition) is 3. The molecule has 1 N–H and O–H groups in total. The molecule has 3 atom stereocenters.